The van der Waals surface area contributed by atoms with E-state index in [0.29, 0.717) is 6.54 Å². The SMILES string of the molecule is CC1C=CCN(P(=O)(c2ccccc2)c2ccccc2)O1. The maximum atomic E-state index is 13.9. The summed E-state index contributed by atoms with van der Waals surface area (Å²) >= 11 is 0. The Morgan fingerprint density at radius 1 is 1.00 bits per heavy atom. The second-order valence-corrected chi connectivity index (χ2v) is 7.65. The Kier molecular flexibility index (Phi) is 4.07. The predicted molar refractivity (Wildman–Crippen MR) is 86.2 cm³/mol. The molecule has 1 atom stereocenters. The van der Waals surface area contributed by atoms with E-state index in [2.05, 4.69) is 0 Å². The number of hydrogen-bond donors (Lipinski definition) is 0. The van der Waals surface area contributed by atoms with Gasteiger partial charge >= 0.3 is 0 Å². The third-order valence-corrected chi connectivity index (χ3v) is 6.37. The summed E-state index contributed by atoms with van der Waals surface area (Å²) in [5.74, 6) is 0. The summed E-state index contributed by atoms with van der Waals surface area (Å²) in [4.78, 5) is 7.48. The monoisotopic (exact) mass is 299 g/mol. The van der Waals surface area contributed by atoms with Gasteiger partial charge in [-0.2, -0.15) is 0 Å². The molecule has 0 saturated heterocycles. The molecule has 0 aromatic heterocycles. The molecule has 2 aromatic carbocycles. The molecule has 2 aromatic rings. The van der Waals surface area contributed by atoms with Crippen molar-refractivity contribution in [1.29, 1.82) is 0 Å². The van der Waals surface area contributed by atoms with E-state index < -0.39 is 7.29 Å². The second kappa shape index (κ2) is 5.98. The quantitative estimate of drug-likeness (QED) is 0.644. The van der Waals surface area contributed by atoms with Gasteiger partial charge in [-0.25, -0.2) is 0 Å². The molecule has 21 heavy (non-hydrogen) atoms. The zero-order valence-corrected chi connectivity index (χ0v) is 12.8. The van der Waals surface area contributed by atoms with Gasteiger partial charge in [0.2, 0.25) is 7.29 Å². The Morgan fingerprint density at radius 2 is 1.52 bits per heavy atom. The van der Waals surface area contributed by atoms with Gasteiger partial charge in [0, 0.05) is 10.6 Å². The van der Waals surface area contributed by atoms with E-state index in [-0.39, 0.29) is 6.10 Å². The average molecular weight is 299 g/mol. The zero-order valence-electron chi connectivity index (χ0n) is 11.9. The molecule has 1 heterocycles. The van der Waals surface area contributed by atoms with E-state index in [4.69, 9.17) is 4.84 Å². The summed E-state index contributed by atoms with van der Waals surface area (Å²) in [6, 6.07) is 19.1. The minimum atomic E-state index is -2.98. The lowest BCUT2D eigenvalue weighted by molar-refractivity contribution is -0.109. The van der Waals surface area contributed by atoms with Crippen LogP contribution in [0.4, 0.5) is 0 Å². The van der Waals surface area contributed by atoms with E-state index in [0.717, 1.165) is 10.6 Å². The van der Waals surface area contributed by atoms with Crippen LogP contribution in [0.25, 0.3) is 0 Å². The molecule has 0 radical (unpaired) electrons. The highest BCUT2D eigenvalue weighted by Crippen LogP contribution is 2.48. The van der Waals surface area contributed by atoms with E-state index in [1.54, 1.807) is 4.83 Å². The van der Waals surface area contributed by atoms with Crippen LogP contribution in [0.2, 0.25) is 0 Å². The minimum absolute atomic E-state index is 0.0699. The van der Waals surface area contributed by atoms with Crippen molar-refractivity contribution < 1.29 is 9.40 Å². The van der Waals surface area contributed by atoms with Gasteiger partial charge in [0.25, 0.3) is 0 Å². The molecule has 0 aliphatic carbocycles. The van der Waals surface area contributed by atoms with Crippen molar-refractivity contribution in [3.63, 3.8) is 0 Å². The molecule has 0 spiro atoms. The number of rotatable bonds is 3. The van der Waals surface area contributed by atoms with Crippen LogP contribution >= 0.6 is 7.29 Å². The topological polar surface area (TPSA) is 29.5 Å². The third kappa shape index (κ3) is 2.73. The van der Waals surface area contributed by atoms with E-state index in [9.17, 15) is 4.57 Å². The normalized spacial score (nSPS) is 19.6. The summed E-state index contributed by atoms with van der Waals surface area (Å²) in [6.07, 6.45) is 3.92. The molecule has 3 nitrogen and oxygen atoms in total. The van der Waals surface area contributed by atoms with Crippen molar-refractivity contribution in [2.24, 2.45) is 0 Å². The molecule has 0 fully saturated rings. The van der Waals surface area contributed by atoms with Gasteiger partial charge in [-0.15, -0.1) is 4.83 Å². The van der Waals surface area contributed by atoms with Gasteiger partial charge in [-0.3, -0.25) is 9.40 Å². The van der Waals surface area contributed by atoms with Crippen LogP contribution in [0.1, 0.15) is 6.92 Å². The van der Waals surface area contributed by atoms with Gasteiger partial charge in [-0.1, -0.05) is 48.6 Å². The highest BCUT2D eigenvalue weighted by Gasteiger charge is 2.36. The van der Waals surface area contributed by atoms with Gasteiger partial charge in [0.15, 0.2) is 0 Å². The lowest BCUT2D eigenvalue weighted by Crippen LogP contribution is -2.36. The van der Waals surface area contributed by atoms with E-state index in [1.165, 1.54) is 0 Å². The fourth-order valence-corrected chi connectivity index (χ4v) is 5.03. The first-order valence-electron chi connectivity index (χ1n) is 7.04. The van der Waals surface area contributed by atoms with Crippen molar-refractivity contribution in [3.8, 4) is 0 Å². The summed E-state index contributed by atoms with van der Waals surface area (Å²) in [6.45, 7) is 2.47. The highest BCUT2D eigenvalue weighted by molar-refractivity contribution is 7.76. The molecule has 3 rings (SSSR count). The largest absolute Gasteiger partial charge is 0.294 e. The van der Waals surface area contributed by atoms with Gasteiger partial charge in [-0.05, 0) is 31.2 Å². The molecule has 0 saturated carbocycles. The molecular formula is C17H18NO2P. The number of hydroxylamine groups is 1. The highest BCUT2D eigenvalue weighted by atomic mass is 31.2. The second-order valence-electron chi connectivity index (χ2n) is 5.02. The van der Waals surface area contributed by atoms with Gasteiger partial charge < -0.3 is 0 Å². The fraction of sp³-hybridized carbons (Fsp3) is 0.176. The number of hydrogen-bond acceptors (Lipinski definition) is 2. The molecular weight excluding hydrogens is 281 g/mol. The van der Waals surface area contributed by atoms with E-state index in [1.807, 2.05) is 79.7 Å². The molecule has 0 bridgehead atoms. The maximum Gasteiger partial charge on any atom is 0.229 e. The molecule has 1 aliphatic rings. The Hall–Kier alpha value is -1.67. The van der Waals surface area contributed by atoms with Crippen LogP contribution in [0.15, 0.2) is 72.8 Å². The third-order valence-electron chi connectivity index (χ3n) is 3.48. The first kappa shape index (κ1) is 14.3. The van der Waals surface area contributed by atoms with Crippen molar-refractivity contribution in [3.05, 3.63) is 72.8 Å². The maximum absolute atomic E-state index is 13.9. The Labute approximate surface area is 125 Å². The first-order valence-corrected chi connectivity index (χ1v) is 8.70. The molecule has 108 valence electrons. The van der Waals surface area contributed by atoms with Crippen LogP contribution < -0.4 is 10.6 Å². The standard InChI is InChI=1S/C17H18NO2P/c1-15-9-8-14-18(20-15)21(19,16-10-4-2-5-11-16)17-12-6-3-7-13-17/h2-13,15H,14H2,1H3. The average Bonchev–Trinajstić information content (AvgIpc) is 2.56. The van der Waals surface area contributed by atoms with Crippen LogP contribution in [0.3, 0.4) is 0 Å². The lowest BCUT2D eigenvalue weighted by Gasteiger charge is -2.34. The summed E-state index contributed by atoms with van der Waals surface area (Å²) in [5.41, 5.74) is 0. The van der Waals surface area contributed by atoms with Gasteiger partial charge in [0.05, 0.1) is 12.6 Å². The molecule has 0 N–H and O–H groups in total. The van der Waals surface area contributed by atoms with Crippen LogP contribution in [-0.4, -0.2) is 17.5 Å². The van der Waals surface area contributed by atoms with Crippen LogP contribution in [0.5, 0.6) is 0 Å². The summed E-state index contributed by atoms with van der Waals surface area (Å²) in [7, 11) is -2.98. The van der Waals surface area contributed by atoms with Crippen LogP contribution in [-0.2, 0) is 9.40 Å². The predicted octanol–water partition coefficient (Wildman–Crippen LogP) is 3.11. The minimum Gasteiger partial charge on any atom is -0.294 e. The van der Waals surface area contributed by atoms with E-state index >= 15 is 0 Å². The molecule has 4 heteroatoms. The van der Waals surface area contributed by atoms with Crippen molar-refractivity contribution in [2.75, 3.05) is 6.54 Å². The summed E-state index contributed by atoms with van der Waals surface area (Å²) < 4.78 is 13.9. The van der Waals surface area contributed by atoms with Gasteiger partial charge in [0.1, 0.15) is 0 Å². The smallest absolute Gasteiger partial charge is 0.229 e. The fourth-order valence-electron chi connectivity index (χ4n) is 2.46. The number of nitrogens with zero attached hydrogens (tertiary/aromatic N) is 1. The molecule has 1 unspecified atom stereocenters. The Morgan fingerprint density at radius 3 is 2.00 bits per heavy atom. The lowest BCUT2D eigenvalue weighted by atomic mass is 10.3. The zero-order chi connectivity index (χ0) is 14.7. The van der Waals surface area contributed by atoms with Crippen molar-refractivity contribution >= 4 is 17.9 Å². The van der Waals surface area contributed by atoms with Crippen molar-refractivity contribution in [1.82, 2.24) is 4.83 Å². The Bertz CT molecular complexity index is 626. The summed E-state index contributed by atoms with van der Waals surface area (Å²) in [5, 5.41) is 1.58. The number of benzene rings is 2. The van der Waals surface area contributed by atoms with Crippen LogP contribution in [0, 0.1) is 0 Å². The molecule has 1 aliphatic heterocycles. The van der Waals surface area contributed by atoms with Crippen molar-refractivity contribution in [2.45, 2.75) is 13.0 Å². The Balaban J connectivity index is 2.12. The first-order chi connectivity index (χ1) is 10.2. The molecule has 0 amide bonds.